The van der Waals surface area contributed by atoms with Crippen molar-refractivity contribution in [3.8, 4) is 11.1 Å². The van der Waals surface area contributed by atoms with Crippen molar-refractivity contribution >= 4 is 47.0 Å². The number of ether oxygens (including phenoxy) is 2. The summed E-state index contributed by atoms with van der Waals surface area (Å²) in [6, 6.07) is 1.82. The van der Waals surface area contributed by atoms with Crippen molar-refractivity contribution in [1.29, 1.82) is 5.41 Å². The first-order valence-electron chi connectivity index (χ1n) is 17.4. The maximum Gasteiger partial charge on any atom is 0.410 e. The topological polar surface area (TPSA) is 113 Å². The quantitative estimate of drug-likeness (QED) is 0.244. The van der Waals surface area contributed by atoms with E-state index in [0.717, 1.165) is 75.6 Å². The van der Waals surface area contributed by atoms with Gasteiger partial charge in [0.2, 0.25) is 0 Å². The molecule has 268 valence electrons. The van der Waals surface area contributed by atoms with E-state index >= 15 is 0 Å². The lowest BCUT2D eigenvalue weighted by Gasteiger charge is -2.58. The summed E-state index contributed by atoms with van der Waals surface area (Å²) in [6.45, 7) is 22.6. The predicted octanol–water partition coefficient (Wildman–Crippen LogP) is 8.06. The van der Waals surface area contributed by atoms with E-state index in [4.69, 9.17) is 48.9 Å². The van der Waals surface area contributed by atoms with E-state index in [9.17, 15) is 4.79 Å². The molecule has 1 aliphatic carbocycles. The lowest BCUT2D eigenvalue weighted by molar-refractivity contribution is -0.0930. The molecule has 4 heterocycles. The van der Waals surface area contributed by atoms with Crippen LogP contribution in [0.15, 0.2) is 6.07 Å². The van der Waals surface area contributed by atoms with E-state index in [0.29, 0.717) is 39.9 Å². The molecule has 3 N–H and O–H groups in total. The molecular formula is C36H57Cl2N7O3. The Kier molecular flexibility index (Phi) is 12.1. The maximum atomic E-state index is 12.5. The Bertz CT molecular complexity index is 1450. The zero-order chi connectivity index (χ0) is 35.6. The van der Waals surface area contributed by atoms with Gasteiger partial charge in [0.05, 0.1) is 29.3 Å². The van der Waals surface area contributed by atoms with Crippen molar-refractivity contribution in [3.63, 3.8) is 0 Å². The summed E-state index contributed by atoms with van der Waals surface area (Å²) >= 11 is 13.4. The first kappa shape index (κ1) is 38.3. The van der Waals surface area contributed by atoms with Gasteiger partial charge in [-0.25, -0.2) is 4.79 Å². The Labute approximate surface area is 297 Å². The van der Waals surface area contributed by atoms with Gasteiger partial charge < -0.3 is 35.3 Å². The van der Waals surface area contributed by atoms with Gasteiger partial charge in [0, 0.05) is 78.0 Å². The van der Waals surface area contributed by atoms with E-state index in [1.807, 2.05) is 34.6 Å². The van der Waals surface area contributed by atoms with Gasteiger partial charge in [-0.3, -0.25) is 4.68 Å². The fraction of sp³-hybridized carbons (Fsp3) is 0.694. The number of nitrogen functional groups attached to an aromatic ring is 1. The van der Waals surface area contributed by atoms with Gasteiger partial charge in [0.1, 0.15) is 5.60 Å². The molecule has 3 saturated heterocycles. The molecular weight excluding hydrogens is 649 g/mol. The van der Waals surface area contributed by atoms with Gasteiger partial charge in [0.25, 0.3) is 0 Å². The van der Waals surface area contributed by atoms with Gasteiger partial charge in [-0.1, -0.05) is 37.0 Å². The monoisotopic (exact) mass is 705 g/mol. The molecule has 48 heavy (non-hydrogen) atoms. The normalized spacial score (nSPS) is 20.5. The van der Waals surface area contributed by atoms with Crippen molar-refractivity contribution < 1.29 is 14.3 Å². The highest BCUT2D eigenvalue weighted by Gasteiger charge is 2.55. The number of nitrogens with one attached hydrogen (secondary N) is 1. The van der Waals surface area contributed by atoms with Crippen LogP contribution in [0.3, 0.4) is 0 Å². The summed E-state index contributed by atoms with van der Waals surface area (Å²) in [6.07, 6.45) is 6.23. The molecule has 2 aromatic rings. The molecule has 1 saturated carbocycles. The third-order valence-corrected chi connectivity index (χ3v) is 10.6. The molecule has 10 nitrogen and oxygen atoms in total. The van der Waals surface area contributed by atoms with Crippen molar-refractivity contribution in [2.24, 2.45) is 5.41 Å². The number of halogens is 2. The van der Waals surface area contributed by atoms with E-state index in [1.54, 1.807) is 11.0 Å². The third-order valence-electron chi connectivity index (χ3n) is 9.85. The van der Waals surface area contributed by atoms with Gasteiger partial charge in [-0.05, 0) is 86.8 Å². The second kappa shape index (κ2) is 15.2. The van der Waals surface area contributed by atoms with Crippen LogP contribution < -0.4 is 10.6 Å². The van der Waals surface area contributed by atoms with Crippen LogP contribution >= 0.6 is 23.2 Å². The number of morpholine rings is 1. The molecule has 1 spiro atoms. The number of likely N-dealkylation sites (tertiary alicyclic amines) is 1. The maximum absolute atomic E-state index is 12.5. The first-order chi connectivity index (χ1) is 22.6. The smallest absolute Gasteiger partial charge is 0.410 e. The van der Waals surface area contributed by atoms with Crippen LogP contribution in [0.25, 0.3) is 11.1 Å². The summed E-state index contributed by atoms with van der Waals surface area (Å²) in [5, 5.41) is 14.2. The summed E-state index contributed by atoms with van der Waals surface area (Å²) < 4.78 is 12.8. The number of anilines is 2. The van der Waals surface area contributed by atoms with E-state index in [-0.39, 0.29) is 23.1 Å². The number of amides is 1. The van der Waals surface area contributed by atoms with Crippen LogP contribution in [0, 0.1) is 17.7 Å². The van der Waals surface area contributed by atoms with Gasteiger partial charge in [-0.2, -0.15) is 5.10 Å². The molecule has 1 aromatic carbocycles. The van der Waals surface area contributed by atoms with Crippen LogP contribution in [0.1, 0.15) is 97.9 Å². The number of likely N-dealkylation sites (N-methyl/N-ethyl adjacent to an activating group) is 1. The summed E-state index contributed by atoms with van der Waals surface area (Å²) in [5.41, 5.74) is 9.40. The highest BCUT2D eigenvalue weighted by Crippen LogP contribution is 2.56. The Morgan fingerprint density at radius 3 is 2.25 bits per heavy atom. The van der Waals surface area contributed by atoms with Crippen molar-refractivity contribution in [2.45, 2.75) is 105 Å². The molecule has 0 radical (unpaired) electrons. The molecule has 6 rings (SSSR count). The number of piperidine rings is 1. The first-order valence-corrected chi connectivity index (χ1v) is 18.2. The van der Waals surface area contributed by atoms with Crippen molar-refractivity contribution in [1.82, 2.24) is 19.6 Å². The summed E-state index contributed by atoms with van der Waals surface area (Å²) in [5.74, 6) is 0.869. The van der Waals surface area contributed by atoms with Crippen LogP contribution in [0.2, 0.25) is 10.0 Å². The average molecular weight is 707 g/mol. The van der Waals surface area contributed by atoms with E-state index in [1.165, 1.54) is 12.6 Å². The van der Waals surface area contributed by atoms with Crippen LogP contribution in [-0.2, 0) is 9.47 Å². The Hall–Kier alpha value is -2.53. The number of hydrogen-bond acceptors (Lipinski definition) is 8. The molecule has 12 heteroatoms. The largest absolute Gasteiger partial charge is 0.444 e. The molecule has 1 aromatic heterocycles. The number of hydrogen-bond donors (Lipinski definition) is 2. The zero-order valence-corrected chi connectivity index (χ0v) is 32.0. The minimum Gasteiger partial charge on any atom is -0.444 e. The number of carbonyl (C=O) groups is 1. The highest BCUT2D eigenvalue weighted by atomic mass is 35.5. The van der Waals surface area contributed by atoms with Crippen molar-refractivity contribution in [2.75, 3.05) is 63.6 Å². The molecule has 0 unspecified atom stereocenters. The minimum atomic E-state index is -0.497. The third kappa shape index (κ3) is 8.09. The average Bonchev–Trinajstić information content (AvgIpc) is 3.29. The second-order valence-electron chi connectivity index (χ2n) is 15.2. The molecule has 4 fully saturated rings. The van der Waals surface area contributed by atoms with Crippen LogP contribution in [0.5, 0.6) is 0 Å². The number of nitrogens with zero attached hydrogens (tertiary/aromatic N) is 5. The lowest BCUT2D eigenvalue weighted by atomic mass is 9.61. The number of nitrogens with two attached hydrogens (primary N) is 1. The fourth-order valence-electron chi connectivity index (χ4n) is 7.30. The van der Waals surface area contributed by atoms with E-state index < -0.39 is 5.60 Å². The molecule has 0 bridgehead atoms. The lowest BCUT2D eigenvalue weighted by Crippen LogP contribution is -2.64. The van der Waals surface area contributed by atoms with Crippen LogP contribution in [0.4, 0.5) is 16.3 Å². The highest BCUT2D eigenvalue weighted by molar-refractivity contribution is 6.44. The number of carbonyl (C=O) groups excluding carboxylic acids is 1. The Morgan fingerprint density at radius 1 is 1.10 bits per heavy atom. The second-order valence-corrected chi connectivity index (χ2v) is 15.9. The number of rotatable bonds is 4. The van der Waals surface area contributed by atoms with Gasteiger partial charge in [0.15, 0.2) is 5.82 Å². The summed E-state index contributed by atoms with van der Waals surface area (Å²) in [4.78, 5) is 18.9. The molecule has 4 aliphatic rings. The fourth-order valence-corrected chi connectivity index (χ4v) is 7.77. The van der Waals surface area contributed by atoms with E-state index in [2.05, 4.69) is 42.3 Å². The van der Waals surface area contributed by atoms with Gasteiger partial charge in [-0.15, -0.1) is 0 Å². The predicted molar refractivity (Wildman–Crippen MR) is 198 cm³/mol. The Balaban J connectivity index is 0.000000507. The standard InChI is InChI=1S/C29H40Cl2N6O2.C5H11NO.C2H6/c1-17-22(23-19(14-32)21(33)11-20(30)24(23)31)25(36-10-8-7-9-28(36,5)6)34-37(17)18-12-29(13-18)15-35(16-29)26(38)39-27(2,3)4;1-6-2-4-7-5-3-6;1-2/h11,14,18,32H,7-10,12-13,15-16,33H2,1-6H3;2-5H2,1H3;1-2H3. The van der Waals surface area contributed by atoms with Gasteiger partial charge >= 0.3 is 6.09 Å². The summed E-state index contributed by atoms with van der Waals surface area (Å²) in [7, 11) is 2.11. The number of benzene rings is 1. The number of aromatic nitrogens is 2. The Morgan fingerprint density at radius 2 is 1.73 bits per heavy atom. The molecule has 3 aliphatic heterocycles. The van der Waals surface area contributed by atoms with Crippen LogP contribution in [-0.4, -0.2) is 96.0 Å². The molecule has 0 atom stereocenters. The van der Waals surface area contributed by atoms with Crippen molar-refractivity contribution in [3.05, 3.63) is 27.4 Å². The minimum absolute atomic E-state index is 0.0806. The zero-order valence-electron chi connectivity index (χ0n) is 30.5. The molecule has 1 amide bonds. The SMILES string of the molecule is CC.CN1CCOCC1.Cc1c(-c2c(Cl)c(Cl)cc(N)c2C=N)c(N2CCCCC2(C)C)nn1C1CC2(C1)CN(C(=O)OC(C)(C)C)C2.